The zero-order valence-corrected chi connectivity index (χ0v) is 11.3. The van der Waals surface area contributed by atoms with Crippen LogP contribution in [0.5, 0.6) is 0 Å². The first-order chi connectivity index (χ1) is 8.23. The van der Waals surface area contributed by atoms with Gasteiger partial charge in [-0.3, -0.25) is 4.79 Å². The van der Waals surface area contributed by atoms with Crippen molar-refractivity contribution in [2.75, 3.05) is 13.1 Å². The third-order valence-electron chi connectivity index (χ3n) is 4.59. The summed E-state index contributed by atoms with van der Waals surface area (Å²) >= 11 is 0. The Bertz CT molecular complexity index is 268. The van der Waals surface area contributed by atoms with Crippen molar-refractivity contribution in [3.8, 4) is 0 Å². The summed E-state index contributed by atoms with van der Waals surface area (Å²) in [6.07, 6.45) is 8.14. The monoisotopic (exact) mass is 238 g/mol. The number of nitrogens with zero attached hydrogens (tertiary/aromatic N) is 1. The fourth-order valence-corrected chi connectivity index (χ4v) is 3.25. The molecule has 1 saturated carbocycles. The zero-order chi connectivity index (χ0) is 12.3. The first-order valence-corrected chi connectivity index (χ1v) is 7.28. The van der Waals surface area contributed by atoms with Gasteiger partial charge in [0, 0.05) is 12.1 Å². The van der Waals surface area contributed by atoms with Crippen molar-refractivity contribution in [2.24, 2.45) is 0 Å². The smallest absolute Gasteiger partial charge is 0.240 e. The normalized spacial score (nSPS) is 28.0. The maximum Gasteiger partial charge on any atom is 0.240 e. The summed E-state index contributed by atoms with van der Waals surface area (Å²) in [4.78, 5) is 14.7. The highest BCUT2D eigenvalue weighted by Gasteiger charge is 2.45. The van der Waals surface area contributed by atoms with E-state index in [1.807, 2.05) is 0 Å². The largest absolute Gasteiger partial charge is 0.336 e. The van der Waals surface area contributed by atoms with Gasteiger partial charge in [-0.25, -0.2) is 0 Å². The molecule has 0 aromatic carbocycles. The zero-order valence-electron chi connectivity index (χ0n) is 11.3. The van der Waals surface area contributed by atoms with E-state index in [9.17, 15) is 4.79 Å². The molecule has 0 radical (unpaired) electrons. The minimum atomic E-state index is 0.0905. The molecule has 1 N–H and O–H groups in total. The third kappa shape index (κ3) is 2.35. The van der Waals surface area contributed by atoms with Crippen LogP contribution in [0.2, 0.25) is 0 Å². The number of hydrogen-bond donors (Lipinski definition) is 1. The van der Waals surface area contributed by atoms with Crippen molar-refractivity contribution in [2.45, 2.75) is 70.4 Å². The summed E-state index contributed by atoms with van der Waals surface area (Å²) in [5.41, 5.74) is 0.226. The SMILES string of the molecule is CCCNC1CCCN(C2(CC)CCC2)C1=O. The van der Waals surface area contributed by atoms with E-state index in [0.717, 1.165) is 38.8 Å². The molecule has 0 spiro atoms. The lowest BCUT2D eigenvalue weighted by molar-refractivity contribution is -0.147. The van der Waals surface area contributed by atoms with E-state index >= 15 is 0 Å². The molecule has 1 saturated heterocycles. The van der Waals surface area contributed by atoms with Crippen molar-refractivity contribution >= 4 is 5.91 Å². The molecule has 2 aliphatic rings. The number of carbonyl (C=O) groups is 1. The summed E-state index contributed by atoms with van der Waals surface area (Å²) in [6, 6.07) is 0.0905. The lowest BCUT2D eigenvalue weighted by Crippen LogP contribution is -2.62. The fraction of sp³-hybridized carbons (Fsp3) is 0.929. The molecular formula is C14H26N2O. The lowest BCUT2D eigenvalue weighted by atomic mass is 9.72. The molecule has 1 aliphatic heterocycles. The highest BCUT2D eigenvalue weighted by atomic mass is 16.2. The van der Waals surface area contributed by atoms with Gasteiger partial charge in [-0.05, 0) is 51.5 Å². The van der Waals surface area contributed by atoms with Crippen LogP contribution >= 0.6 is 0 Å². The average Bonchev–Trinajstić information content (AvgIpc) is 2.29. The highest BCUT2D eigenvalue weighted by Crippen LogP contribution is 2.42. The van der Waals surface area contributed by atoms with Crippen LogP contribution in [-0.2, 0) is 4.79 Å². The quantitative estimate of drug-likeness (QED) is 0.797. The lowest BCUT2D eigenvalue weighted by Gasteiger charge is -2.52. The fourth-order valence-electron chi connectivity index (χ4n) is 3.25. The van der Waals surface area contributed by atoms with Gasteiger partial charge in [0.05, 0.1) is 6.04 Å². The first-order valence-electron chi connectivity index (χ1n) is 7.28. The van der Waals surface area contributed by atoms with Gasteiger partial charge in [0.25, 0.3) is 0 Å². The Labute approximate surface area is 105 Å². The second-order valence-electron chi connectivity index (χ2n) is 5.57. The van der Waals surface area contributed by atoms with Crippen molar-refractivity contribution in [1.82, 2.24) is 10.2 Å². The molecule has 98 valence electrons. The Kier molecular flexibility index (Phi) is 4.08. The van der Waals surface area contributed by atoms with Crippen molar-refractivity contribution in [1.29, 1.82) is 0 Å². The molecule has 17 heavy (non-hydrogen) atoms. The van der Waals surface area contributed by atoms with Crippen LogP contribution in [0.1, 0.15) is 58.8 Å². The molecule has 2 rings (SSSR count). The van der Waals surface area contributed by atoms with Crippen LogP contribution < -0.4 is 5.32 Å². The van der Waals surface area contributed by atoms with Crippen LogP contribution in [0.25, 0.3) is 0 Å². The van der Waals surface area contributed by atoms with Crippen LogP contribution in [0.3, 0.4) is 0 Å². The van der Waals surface area contributed by atoms with E-state index in [1.54, 1.807) is 0 Å². The van der Waals surface area contributed by atoms with Gasteiger partial charge in [-0.2, -0.15) is 0 Å². The predicted octanol–water partition coefficient (Wildman–Crippen LogP) is 2.31. The van der Waals surface area contributed by atoms with Gasteiger partial charge < -0.3 is 10.2 Å². The van der Waals surface area contributed by atoms with Crippen molar-refractivity contribution in [3.63, 3.8) is 0 Å². The van der Waals surface area contributed by atoms with Crippen LogP contribution in [0.15, 0.2) is 0 Å². The van der Waals surface area contributed by atoms with E-state index in [-0.39, 0.29) is 11.6 Å². The predicted molar refractivity (Wildman–Crippen MR) is 69.9 cm³/mol. The van der Waals surface area contributed by atoms with Crippen LogP contribution in [0.4, 0.5) is 0 Å². The molecule has 1 amide bonds. The number of carbonyl (C=O) groups excluding carboxylic acids is 1. The molecule has 3 nitrogen and oxygen atoms in total. The molecule has 3 heteroatoms. The Balaban J connectivity index is 2.00. The summed E-state index contributed by atoms with van der Waals surface area (Å²) < 4.78 is 0. The molecule has 2 fully saturated rings. The second kappa shape index (κ2) is 5.38. The van der Waals surface area contributed by atoms with E-state index in [0.29, 0.717) is 5.91 Å². The second-order valence-corrected chi connectivity index (χ2v) is 5.57. The molecule has 1 atom stereocenters. The van der Waals surface area contributed by atoms with Gasteiger partial charge in [-0.15, -0.1) is 0 Å². The minimum absolute atomic E-state index is 0.0905. The molecule has 1 heterocycles. The maximum absolute atomic E-state index is 12.5. The van der Waals surface area contributed by atoms with Crippen LogP contribution in [-0.4, -0.2) is 35.5 Å². The summed E-state index contributed by atoms with van der Waals surface area (Å²) in [7, 11) is 0. The standard InChI is InChI=1S/C14H26N2O/c1-3-10-15-12-7-5-11-16(13(12)17)14(4-2)8-6-9-14/h12,15H,3-11H2,1-2H3. The molecule has 1 aliphatic carbocycles. The van der Waals surface area contributed by atoms with Gasteiger partial charge >= 0.3 is 0 Å². The number of nitrogens with one attached hydrogen (secondary N) is 1. The van der Waals surface area contributed by atoms with Crippen molar-refractivity contribution in [3.05, 3.63) is 0 Å². The van der Waals surface area contributed by atoms with Gasteiger partial charge in [0.15, 0.2) is 0 Å². The number of piperidine rings is 1. The summed E-state index contributed by atoms with van der Waals surface area (Å²) in [5.74, 6) is 0.367. The first kappa shape index (κ1) is 12.9. The number of amides is 1. The van der Waals surface area contributed by atoms with Gasteiger partial charge in [0.1, 0.15) is 0 Å². The van der Waals surface area contributed by atoms with Crippen LogP contribution in [0, 0.1) is 0 Å². The Hall–Kier alpha value is -0.570. The molecular weight excluding hydrogens is 212 g/mol. The van der Waals surface area contributed by atoms with E-state index in [4.69, 9.17) is 0 Å². The molecule has 0 bridgehead atoms. The topological polar surface area (TPSA) is 32.3 Å². The number of rotatable bonds is 5. The number of hydrogen-bond acceptors (Lipinski definition) is 2. The molecule has 1 unspecified atom stereocenters. The Morgan fingerprint density at radius 3 is 2.65 bits per heavy atom. The average molecular weight is 238 g/mol. The summed E-state index contributed by atoms with van der Waals surface area (Å²) in [6.45, 7) is 6.33. The highest BCUT2D eigenvalue weighted by molar-refractivity contribution is 5.83. The Morgan fingerprint density at radius 2 is 2.12 bits per heavy atom. The number of likely N-dealkylation sites (tertiary alicyclic amines) is 1. The molecule has 0 aromatic rings. The maximum atomic E-state index is 12.5. The van der Waals surface area contributed by atoms with Crippen molar-refractivity contribution < 1.29 is 4.79 Å². The summed E-state index contributed by atoms with van der Waals surface area (Å²) in [5, 5.41) is 3.40. The molecule has 0 aromatic heterocycles. The van der Waals surface area contributed by atoms with E-state index in [2.05, 4.69) is 24.1 Å². The third-order valence-corrected chi connectivity index (χ3v) is 4.59. The minimum Gasteiger partial charge on any atom is -0.336 e. The van der Waals surface area contributed by atoms with E-state index < -0.39 is 0 Å². The Morgan fingerprint density at radius 1 is 1.35 bits per heavy atom. The van der Waals surface area contributed by atoms with Gasteiger partial charge in [0.2, 0.25) is 5.91 Å². The van der Waals surface area contributed by atoms with Gasteiger partial charge in [-0.1, -0.05) is 13.8 Å². The van der Waals surface area contributed by atoms with E-state index in [1.165, 1.54) is 19.3 Å².